The quantitative estimate of drug-likeness (QED) is 0.667. The van der Waals surface area contributed by atoms with Gasteiger partial charge < -0.3 is 14.8 Å². The Morgan fingerprint density at radius 2 is 2.17 bits per heavy atom. The van der Waals surface area contributed by atoms with Crippen LogP contribution in [0.2, 0.25) is 0 Å². The molecular weight excluding hydrogens is 256 g/mol. The number of hydrogen-bond donors (Lipinski definition) is 1. The van der Waals surface area contributed by atoms with E-state index < -0.39 is 4.92 Å². The molecule has 1 aromatic carbocycles. The maximum atomic E-state index is 10.4. The number of fused-ring (bicyclic) bond motifs is 1. The largest absolute Gasteiger partial charge is 0.486 e. The fourth-order valence-electron chi connectivity index (χ4n) is 1.50. The highest BCUT2D eigenvalue weighted by Crippen LogP contribution is 2.33. The molecule has 0 aliphatic carbocycles. The van der Waals surface area contributed by atoms with Crippen molar-refractivity contribution in [3.8, 4) is 11.5 Å². The van der Waals surface area contributed by atoms with Gasteiger partial charge in [-0.1, -0.05) is 0 Å². The minimum absolute atomic E-state index is 0.455. The van der Waals surface area contributed by atoms with Gasteiger partial charge in [0.15, 0.2) is 11.5 Å². The number of ether oxygens (including phenoxy) is 2. The summed E-state index contributed by atoms with van der Waals surface area (Å²) in [5, 5.41) is 13.8. The Balaban J connectivity index is 2.16. The molecule has 7 heteroatoms. The van der Waals surface area contributed by atoms with Gasteiger partial charge in [-0.3, -0.25) is 10.1 Å². The van der Waals surface area contributed by atoms with Gasteiger partial charge in [0.05, 0.1) is 4.92 Å². The average Bonchev–Trinajstić information content (AvgIpc) is 2.37. The molecule has 1 N–H and O–H groups in total. The van der Waals surface area contributed by atoms with Crippen molar-refractivity contribution in [1.29, 1.82) is 0 Å². The molecule has 1 heterocycles. The molecule has 0 atom stereocenters. The summed E-state index contributed by atoms with van der Waals surface area (Å²) in [7, 11) is 0. The first-order chi connectivity index (χ1) is 8.69. The molecule has 0 radical (unpaired) electrons. The van der Waals surface area contributed by atoms with Gasteiger partial charge in [0.25, 0.3) is 6.20 Å². The SMILES string of the molecule is CS/C(=C/[N+](=O)[O-])Nc1ccc2c(c1)OCCO2. The Kier molecular flexibility index (Phi) is 3.93. The molecule has 0 bridgehead atoms. The van der Waals surface area contributed by atoms with E-state index in [2.05, 4.69) is 5.32 Å². The second kappa shape index (κ2) is 5.63. The van der Waals surface area contributed by atoms with Crippen molar-refractivity contribution < 1.29 is 14.4 Å². The Bertz CT molecular complexity index is 490. The van der Waals surface area contributed by atoms with Crippen LogP contribution in [0.1, 0.15) is 0 Å². The van der Waals surface area contributed by atoms with E-state index in [4.69, 9.17) is 9.47 Å². The summed E-state index contributed by atoms with van der Waals surface area (Å²) >= 11 is 1.27. The maximum Gasteiger partial charge on any atom is 0.264 e. The summed E-state index contributed by atoms with van der Waals surface area (Å²) in [5.74, 6) is 1.34. The number of hydrogen-bond acceptors (Lipinski definition) is 6. The lowest BCUT2D eigenvalue weighted by Gasteiger charge is -2.19. The monoisotopic (exact) mass is 268 g/mol. The van der Waals surface area contributed by atoms with Crippen molar-refractivity contribution in [2.24, 2.45) is 0 Å². The lowest BCUT2D eigenvalue weighted by atomic mass is 10.2. The van der Waals surface area contributed by atoms with Crippen LogP contribution in [0.5, 0.6) is 11.5 Å². The van der Waals surface area contributed by atoms with Gasteiger partial charge in [-0.25, -0.2) is 0 Å². The van der Waals surface area contributed by atoms with E-state index in [1.807, 2.05) is 0 Å². The fraction of sp³-hybridized carbons (Fsp3) is 0.273. The van der Waals surface area contributed by atoms with Crippen molar-refractivity contribution in [2.45, 2.75) is 0 Å². The number of benzene rings is 1. The molecule has 0 fully saturated rings. The molecule has 18 heavy (non-hydrogen) atoms. The first kappa shape index (κ1) is 12.6. The lowest BCUT2D eigenvalue weighted by Crippen LogP contribution is -2.15. The normalized spacial score (nSPS) is 14.2. The Hall–Kier alpha value is -1.89. The number of rotatable bonds is 4. The van der Waals surface area contributed by atoms with Gasteiger partial charge in [0.1, 0.15) is 18.2 Å². The van der Waals surface area contributed by atoms with Crippen LogP contribution in [0.3, 0.4) is 0 Å². The van der Waals surface area contributed by atoms with Crippen molar-refractivity contribution in [1.82, 2.24) is 0 Å². The molecule has 1 aliphatic rings. The Labute approximate surface area is 108 Å². The average molecular weight is 268 g/mol. The summed E-state index contributed by atoms with van der Waals surface area (Å²) in [4.78, 5) is 9.93. The summed E-state index contributed by atoms with van der Waals surface area (Å²) in [6.07, 6.45) is 2.70. The van der Waals surface area contributed by atoms with Gasteiger partial charge in [-0.05, 0) is 18.4 Å². The highest BCUT2D eigenvalue weighted by molar-refractivity contribution is 8.02. The van der Waals surface area contributed by atoms with Gasteiger partial charge >= 0.3 is 0 Å². The number of nitro groups is 1. The standard InChI is InChI=1S/C11H12N2O4S/c1-18-11(7-13(14)15)12-8-2-3-9-10(6-8)17-5-4-16-9/h2-3,6-7,12H,4-5H2,1H3/b11-7+. The zero-order valence-electron chi connectivity index (χ0n) is 9.71. The molecule has 0 amide bonds. The number of anilines is 1. The molecule has 0 unspecified atom stereocenters. The Morgan fingerprint density at radius 3 is 2.83 bits per heavy atom. The van der Waals surface area contributed by atoms with Crippen LogP contribution in [-0.4, -0.2) is 24.4 Å². The smallest absolute Gasteiger partial charge is 0.264 e. The molecule has 0 saturated heterocycles. The van der Waals surface area contributed by atoms with E-state index in [0.29, 0.717) is 29.7 Å². The van der Waals surface area contributed by atoms with Gasteiger partial charge in [0, 0.05) is 11.8 Å². The molecule has 0 aromatic heterocycles. The molecule has 6 nitrogen and oxygen atoms in total. The summed E-state index contributed by atoms with van der Waals surface area (Å²) in [6.45, 7) is 1.05. The van der Waals surface area contributed by atoms with Crippen LogP contribution in [0.15, 0.2) is 29.4 Å². The molecule has 0 spiro atoms. The predicted molar refractivity (Wildman–Crippen MR) is 69.6 cm³/mol. The van der Waals surface area contributed by atoms with Crippen LogP contribution in [0.25, 0.3) is 0 Å². The van der Waals surface area contributed by atoms with Crippen LogP contribution >= 0.6 is 11.8 Å². The lowest BCUT2D eigenvalue weighted by molar-refractivity contribution is -0.402. The first-order valence-corrected chi connectivity index (χ1v) is 6.47. The van der Waals surface area contributed by atoms with Crippen LogP contribution < -0.4 is 14.8 Å². The zero-order valence-corrected chi connectivity index (χ0v) is 10.5. The van der Waals surface area contributed by atoms with Crippen molar-refractivity contribution >= 4 is 17.4 Å². The minimum Gasteiger partial charge on any atom is -0.486 e. The number of thioether (sulfide) groups is 1. The third kappa shape index (κ3) is 3.07. The van der Waals surface area contributed by atoms with Crippen molar-refractivity contribution in [3.63, 3.8) is 0 Å². The fourth-order valence-corrected chi connectivity index (χ4v) is 1.91. The van der Waals surface area contributed by atoms with Gasteiger partial charge in [-0.2, -0.15) is 0 Å². The minimum atomic E-state index is -0.489. The second-order valence-electron chi connectivity index (χ2n) is 3.47. The third-order valence-corrected chi connectivity index (χ3v) is 2.90. The molecule has 1 aliphatic heterocycles. The van der Waals surface area contributed by atoms with E-state index in [1.54, 1.807) is 24.5 Å². The Morgan fingerprint density at radius 1 is 1.44 bits per heavy atom. The molecule has 1 aromatic rings. The van der Waals surface area contributed by atoms with Crippen LogP contribution in [-0.2, 0) is 0 Å². The van der Waals surface area contributed by atoms with E-state index in [1.165, 1.54) is 11.8 Å². The van der Waals surface area contributed by atoms with Crippen LogP contribution in [0.4, 0.5) is 5.69 Å². The van der Waals surface area contributed by atoms with E-state index in [9.17, 15) is 10.1 Å². The maximum absolute atomic E-state index is 10.4. The topological polar surface area (TPSA) is 73.6 Å². The molecule has 2 rings (SSSR count). The van der Waals surface area contributed by atoms with E-state index in [0.717, 1.165) is 11.9 Å². The number of nitrogens with zero attached hydrogens (tertiary/aromatic N) is 1. The zero-order chi connectivity index (χ0) is 13.0. The van der Waals surface area contributed by atoms with E-state index in [-0.39, 0.29) is 0 Å². The predicted octanol–water partition coefficient (Wildman–Crippen LogP) is 2.31. The van der Waals surface area contributed by atoms with E-state index >= 15 is 0 Å². The third-order valence-electron chi connectivity index (χ3n) is 2.25. The summed E-state index contributed by atoms with van der Waals surface area (Å²) in [5.41, 5.74) is 0.724. The number of nitrogens with one attached hydrogen (secondary N) is 1. The van der Waals surface area contributed by atoms with Crippen molar-refractivity contribution in [2.75, 3.05) is 24.8 Å². The van der Waals surface area contributed by atoms with Crippen LogP contribution in [0, 0.1) is 10.1 Å². The van der Waals surface area contributed by atoms with Gasteiger partial charge in [0.2, 0.25) is 0 Å². The summed E-state index contributed by atoms with van der Waals surface area (Å²) in [6, 6.07) is 5.33. The summed E-state index contributed by atoms with van der Waals surface area (Å²) < 4.78 is 10.8. The highest BCUT2D eigenvalue weighted by atomic mass is 32.2. The molecule has 96 valence electrons. The first-order valence-electron chi connectivity index (χ1n) is 5.25. The highest BCUT2D eigenvalue weighted by Gasteiger charge is 2.12. The molecular formula is C11H12N2O4S. The van der Waals surface area contributed by atoms with Gasteiger partial charge in [-0.15, -0.1) is 11.8 Å². The molecule has 0 saturated carbocycles. The second-order valence-corrected chi connectivity index (χ2v) is 4.31. The van der Waals surface area contributed by atoms with Crippen molar-refractivity contribution in [3.05, 3.63) is 39.5 Å².